The van der Waals surface area contributed by atoms with Crippen LogP contribution < -0.4 is 4.74 Å². The molecule has 0 aliphatic heterocycles. The van der Waals surface area contributed by atoms with Gasteiger partial charge < -0.3 is 14.6 Å². The Bertz CT molecular complexity index is 1380. The molecule has 0 radical (unpaired) electrons. The third kappa shape index (κ3) is 4.85. The molecule has 0 saturated heterocycles. The average molecular weight is 617 g/mol. The van der Waals surface area contributed by atoms with Crippen LogP contribution in [0.1, 0.15) is 132 Å². The molecule has 1 N–H and O–H groups in total. The number of rotatable bonds is 8. The summed E-state index contributed by atoms with van der Waals surface area (Å²) < 4.78 is 11.5. The molecule has 0 heterocycles. The maximum atomic E-state index is 13.1. The van der Waals surface area contributed by atoms with E-state index in [-0.39, 0.29) is 23.2 Å². The zero-order valence-corrected chi connectivity index (χ0v) is 29.7. The largest absolute Gasteiger partial charge is 0.504 e. The molecule has 45 heavy (non-hydrogen) atoms. The van der Waals surface area contributed by atoms with Crippen molar-refractivity contribution in [2.24, 2.45) is 50.7 Å². The lowest BCUT2D eigenvalue weighted by Crippen LogP contribution is -2.58. The van der Waals surface area contributed by atoms with E-state index in [0.717, 1.165) is 29.7 Å². The van der Waals surface area contributed by atoms with Gasteiger partial charge in [-0.2, -0.15) is 0 Å². The van der Waals surface area contributed by atoms with Crippen molar-refractivity contribution in [1.82, 2.24) is 0 Å². The van der Waals surface area contributed by atoms with Gasteiger partial charge >= 0.3 is 5.97 Å². The van der Waals surface area contributed by atoms with Gasteiger partial charge in [0.05, 0.1) is 7.11 Å². The van der Waals surface area contributed by atoms with E-state index in [0.29, 0.717) is 33.3 Å². The number of phenolic OH excluding ortho intramolecular Hbond substituents is 1. The molecule has 0 unspecified atom stereocenters. The molecule has 0 bridgehead atoms. The minimum absolute atomic E-state index is 0.0326. The molecule has 1 aromatic rings. The molecule has 6 rings (SSSR count). The number of hydrogen-bond donors (Lipinski definition) is 1. The van der Waals surface area contributed by atoms with Gasteiger partial charge in [0.15, 0.2) is 11.5 Å². The Morgan fingerprint density at radius 2 is 1.67 bits per heavy atom. The first-order valence-corrected chi connectivity index (χ1v) is 18.0. The fraction of sp³-hybridized carbons (Fsp3) is 0.732. The van der Waals surface area contributed by atoms with E-state index in [9.17, 15) is 9.90 Å². The molecule has 5 fully saturated rings. The zero-order chi connectivity index (χ0) is 32.6. The van der Waals surface area contributed by atoms with Crippen LogP contribution in [0, 0.1) is 50.7 Å². The highest BCUT2D eigenvalue weighted by atomic mass is 16.5. The minimum atomic E-state index is -0.276. The standard InChI is InChI=1S/C41H60O4/c1-26(2)27(3)10-11-28(4)30-18-20-39(8)34-16-15-33-37(5,6)35(19-21-40(33)25-41(34,40)23-22-38(30,39)7)45-36(43)17-13-29-12-14-31(42)32(24-29)44-9/h12-14,17,24,28,30,33-35,42H,10-11,15-16,18-23,25H2,1-9H3/b17-13+/t28-,30-,33+,34+,35+,38-,39+,40+,41-/m1/s1. The summed E-state index contributed by atoms with van der Waals surface area (Å²) in [6.07, 6.45) is 17.7. The van der Waals surface area contributed by atoms with E-state index in [1.165, 1.54) is 83.0 Å². The SMILES string of the molecule is COc1cc(/C=C/C(=O)O[C@H]2CC[C@@]34C[C@@]35CC[C@]3(C)[C@@H]([C@H](C)CCC(C)=C(C)C)CC[C@@]3(C)[C@@H]5CC[C@H]4C2(C)C)ccc1O. The summed E-state index contributed by atoms with van der Waals surface area (Å²) in [4.78, 5) is 13.1. The number of methoxy groups -OCH3 is 1. The second kappa shape index (κ2) is 11.2. The lowest BCUT2D eigenvalue weighted by molar-refractivity contribution is -0.179. The molecule has 9 atom stereocenters. The number of benzene rings is 1. The summed E-state index contributed by atoms with van der Waals surface area (Å²) in [6.45, 7) is 19.7. The van der Waals surface area contributed by atoms with Gasteiger partial charge in [0, 0.05) is 11.5 Å². The highest BCUT2D eigenvalue weighted by Crippen LogP contribution is 2.89. The molecule has 2 spiro atoms. The summed E-state index contributed by atoms with van der Waals surface area (Å²) >= 11 is 0. The van der Waals surface area contributed by atoms with Crippen LogP contribution in [0.15, 0.2) is 35.4 Å². The maximum Gasteiger partial charge on any atom is 0.331 e. The van der Waals surface area contributed by atoms with E-state index in [1.807, 2.05) is 0 Å². The first-order chi connectivity index (χ1) is 21.1. The summed E-state index contributed by atoms with van der Waals surface area (Å²) in [6, 6.07) is 5.09. The van der Waals surface area contributed by atoms with E-state index < -0.39 is 0 Å². The molecular weight excluding hydrogens is 556 g/mol. The summed E-state index contributed by atoms with van der Waals surface area (Å²) in [5, 5.41) is 9.89. The van der Waals surface area contributed by atoms with Crippen LogP contribution in [0.2, 0.25) is 0 Å². The smallest absolute Gasteiger partial charge is 0.331 e. The van der Waals surface area contributed by atoms with Crippen molar-refractivity contribution in [2.45, 2.75) is 132 Å². The number of esters is 1. The highest BCUT2D eigenvalue weighted by molar-refractivity contribution is 5.87. The Balaban J connectivity index is 1.15. The number of aromatic hydroxyl groups is 1. The molecule has 4 heteroatoms. The van der Waals surface area contributed by atoms with Gasteiger partial charge in [-0.05, 0) is 161 Å². The second-order valence-electron chi connectivity index (χ2n) is 17.5. The minimum Gasteiger partial charge on any atom is -0.504 e. The summed E-state index contributed by atoms with van der Waals surface area (Å²) in [7, 11) is 1.53. The summed E-state index contributed by atoms with van der Waals surface area (Å²) in [5.74, 6) is 3.31. The molecule has 0 aromatic heterocycles. The lowest BCUT2D eigenvalue weighted by Gasteiger charge is -2.63. The molecule has 5 aliphatic carbocycles. The predicted octanol–water partition coefficient (Wildman–Crippen LogP) is 10.5. The highest BCUT2D eigenvalue weighted by Gasteiger charge is 2.82. The predicted molar refractivity (Wildman–Crippen MR) is 183 cm³/mol. The average Bonchev–Trinajstić information content (AvgIpc) is 3.58. The van der Waals surface area contributed by atoms with Crippen molar-refractivity contribution < 1.29 is 19.4 Å². The van der Waals surface area contributed by atoms with Crippen LogP contribution in [0.5, 0.6) is 11.5 Å². The molecule has 0 amide bonds. The number of fused-ring (bicyclic) bond motifs is 2. The fourth-order valence-electron chi connectivity index (χ4n) is 12.5. The molecule has 5 aliphatic rings. The topological polar surface area (TPSA) is 55.8 Å². The Hall–Kier alpha value is -2.23. The van der Waals surface area contributed by atoms with E-state index >= 15 is 0 Å². The molecule has 5 saturated carbocycles. The van der Waals surface area contributed by atoms with Gasteiger partial charge in [0.25, 0.3) is 0 Å². The second-order valence-corrected chi connectivity index (χ2v) is 17.5. The van der Waals surface area contributed by atoms with Gasteiger partial charge in [-0.25, -0.2) is 4.79 Å². The Kier molecular flexibility index (Phi) is 8.13. The van der Waals surface area contributed by atoms with Crippen molar-refractivity contribution in [3.8, 4) is 11.5 Å². The number of allylic oxidation sites excluding steroid dienone is 2. The Labute approximate surface area is 273 Å². The van der Waals surface area contributed by atoms with Crippen molar-refractivity contribution in [3.05, 3.63) is 41.0 Å². The van der Waals surface area contributed by atoms with Gasteiger partial charge in [-0.3, -0.25) is 0 Å². The van der Waals surface area contributed by atoms with Crippen LogP contribution in [0.3, 0.4) is 0 Å². The summed E-state index contributed by atoms with van der Waals surface area (Å²) in [5.41, 5.74) is 5.69. The number of phenols is 1. The van der Waals surface area contributed by atoms with Gasteiger partial charge in [0.1, 0.15) is 6.10 Å². The van der Waals surface area contributed by atoms with E-state index in [2.05, 4.69) is 55.4 Å². The number of carbonyl (C=O) groups is 1. The maximum absolute atomic E-state index is 13.1. The monoisotopic (exact) mass is 616 g/mol. The lowest BCUT2D eigenvalue weighted by atomic mass is 9.41. The fourth-order valence-corrected chi connectivity index (χ4v) is 12.5. The zero-order valence-electron chi connectivity index (χ0n) is 29.7. The van der Waals surface area contributed by atoms with Crippen LogP contribution in [0.25, 0.3) is 6.08 Å². The van der Waals surface area contributed by atoms with Gasteiger partial charge in [-0.1, -0.05) is 51.8 Å². The van der Waals surface area contributed by atoms with Crippen molar-refractivity contribution in [1.29, 1.82) is 0 Å². The van der Waals surface area contributed by atoms with Gasteiger partial charge in [0.2, 0.25) is 0 Å². The van der Waals surface area contributed by atoms with E-state index in [1.54, 1.807) is 29.8 Å². The number of hydrogen-bond acceptors (Lipinski definition) is 4. The Morgan fingerprint density at radius 3 is 2.38 bits per heavy atom. The van der Waals surface area contributed by atoms with Crippen molar-refractivity contribution in [2.75, 3.05) is 7.11 Å². The molecular formula is C41H60O4. The van der Waals surface area contributed by atoms with Crippen molar-refractivity contribution >= 4 is 12.0 Å². The van der Waals surface area contributed by atoms with Crippen LogP contribution >= 0.6 is 0 Å². The quantitative estimate of drug-likeness (QED) is 0.179. The third-order valence-corrected chi connectivity index (χ3v) is 15.5. The molecule has 4 nitrogen and oxygen atoms in total. The first-order valence-electron chi connectivity index (χ1n) is 18.0. The Morgan fingerprint density at radius 1 is 0.956 bits per heavy atom. The van der Waals surface area contributed by atoms with E-state index in [4.69, 9.17) is 9.47 Å². The normalized spacial score (nSPS) is 40.0. The molecule has 1 aromatic carbocycles. The van der Waals surface area contributed by atoms with Crippen molar-refractivity contribution in [3.63, 3.8) is 0 Å². The van der Waals surface area contributed by atoms with Crippen LogP contribution in [-0.2, 0) is 9.53 Å². The number of ether oxygens (including phenoxy) is 2. The number of carbonyl (C=O) groups excluding carboxylic acids is 1. The van der Waals surface area contributed by atoms with Gasteiger partial charge in [-0.15, -0.1) is 0 Å². The molecule has 248 valence electrons. The first kappa shape index (κ1) is 32.7. The van der Waals surface area contributed by atoms with Crippen LogP contribution in [0.4, 0.5) is 0 Å². The van der Waals surface area contributed by atoms with Crippen LogP contribution in [-0.4, -0.2) is 24.3 Å². The third-order valence-electron chi connectivity index (χ3n) is 15.5.